The van der Waals surface area contributed by atoms with Crippen LogP contribution in [0.2, 0.25) is 0 Å². The maximum atomic E-state index is 6.39. The van der Waals surface area contributed by atoms with Gasteiger partial charge in [-0.2, -0.15) is 0 Å². The second kappa shape index (κ2) is 13.3. The highest BCUT2D eigenvalue weighted by Gasteiger charge is 2.23. The standard InChI is InChI=1S/C49H31N5OS/c1-4-13-30(14-5-1)31-23-25-34(26-24-31)47-52-46(33-17-8-3-9-18-33)53-49(54-47)38-20-12-22-40-42(38)37-28-27-35(29-41(37)56-40)48-50-43(32-15-6-2-7-16-32)45-44(51-48)36-19-10-11-21-39(36)55-45/h1-15,17-29,32H,16H2. The van der Waals surface area contributed by atoms with Crippen molar-refractivity contribution in [2.45, 2.75) is 12.3 Å². The molecule has 0 spiro atoms. The molecule has 56 heavy (non-hydrogen) atoms. The van der Waals surface area contributed by atoms with Gasteiger partial charge in [0.2, 0.25) is 0 Å². The Morgan fingerprint density at radius 2 is 1.16 bits per heavy atom. The van der Waals surface area contributed by atoms with Crippen LogP contribution in [0.5, 0.6) is 0 Å². The third kappa shape index (κ3) is 5.60. The number of fused-ring (bicyclic) bond motifs is 6. The van der Waals surface area contributed by atoms with Gasteiger partial charge < -0.3 is 4.42 Å². The van der Waals surface area contributed by atoms with E-state index in [1.807, 2.05) is 54.6 Å². The van der Waals surface area contributed by atoms with E-state index in [2.05, 4.69) is 115 Å². The SMILES string of the molecule is C1=CCC(c2nc(-c3ccc4c(c3)sc3cccc(-c5nc(-c6ccccc6)nc(-c6ccc(-c7ccccc7)cc6)n5)c34)nc3c2oc2ccccc23)C=C1. The van der Waals surface area contributed by atoms with Crippen LogP contribution >= 0.6 is 11.3 Å². The zero-order chi connectivity index (χ0) is 37.0. The zero-order valence-corrected chi connectivity index (χ0v) is 30.8. The number of hydrogen-bond donors (Lipinski definition) is 0. The van der Waals surface area contributed by atoms with Crippen molar-refractivity contribution in [2.75, 3.05) is 0 Å². The van der Waals surface area contributed by atoms with E-state index in [0.717, 1.165) is 82.2 Å². The molecule has 6 aromatic carbocycles. The molecule has 264 valence electrons. The van der Waals surface area contributed by atoms with Crippen LogP contribution in [-0.2, 0) is 0 Å². The number of allylic oxidation sites excluding steroid dienone is 4. The van der Waals surface area contributed by atoms with E-state index in [1.54, 1.807) is 11.3 Å². The number of rotatable bonds is 6. The highest BCUT2D eigenvalue weighted by atomic mass is 32.1. The Morgan fingerprint density at radius 3 is 1.95 bits per heavy atom. The third-order valence-electron chi connectivity index (χ3n) is 10.5. The van der Waals surface area contributed by atoms with Gasteiger partial charge in [0.05, 0.1) is 5.69 Å². The zero-order valence-electron chi connectivity index (χ0n) is 30.0. The van der Waals surface area contributed by atoms with E-state index < -0.39 is 0 Å². The van der Waals surface area contributed by atoms with Crippen molar-refractivity contribution < 1.29 is 4.42 Å². The summed E-state index contributed by atoms with van der Waals surface area (Å²) in [7, 11) is 0. The van der Waals surface area contributed by atoms with Gasteiger partial charge in [-0.15, -0.1) is 11.3 Å². The predicted molar refractivity (Wildman–Crippen MR) is 228 cm³/mol. The van der Waals surface area contributed by atoms with Crippen LogP contribution in [0.4, 0.5) is 0 Å². The van der Waals surface area contributed by atoms with Gasteiger partial charge in [0.1, 0.15) is 11.1 Å². The lowest BCUT2D eigenvalue weighted by Gasteiger charge is -2.14. The molecule has 0 amide bonds. The first kappa shape index (κ1) is 32.3. The van der Waals surface area contributed by atoms with E-state index in [4.69, 9.17) is 29.3 Å². The molecule has 0 fully saturated rings. The first-order valence-electron chi connectivity index (χ1n) is 18.7. The monoisotopic (exact) mass is 737 g/mol. The summed E-state index contributed by atoms with van der Waals surface area (Å²) in [6.45, 7) is 0. The first-order chi connectivity index (χ1) is 27.7. The Balaban J connectivity index is 1.05. The fraction of sp³-hybridized carbons (Fsp3) is 0.0408. The second-order valence-electron chi connectivity index (χ2n) is 14.0. The van der Waals surface area contributed by atoms with Crippen LogP contribution in [0.3, 0.4) is 0 Å². The average molecular weight is 738 g/mol. The maximum absolute atomic E-state index is 6.39. The molecule has 7 heteroatoms. The van der Waals surface area contributed by atoms with E-state index in [1.165, 1.54) is 5.56 Å². The van der Waals surface area contributed by atoms with Crippen molar-refractivity contribution >= 4 is 53.6 Å². The number of benzene rings is 6. The minimum Gasteiger partial charge on any atom is -0.452 e. The summed E-state index contributed by atoms with van der Waals surface area (Å²) in [5, 5.41) is 3.25. The molecule has 0 aliphatic heterocycles. The average Bonchev–Trinajstić information content (AvgIpc) is 3.85. The summed E-state index contributed by atoms with van der Waals surface area (Å²) in [4.78, 5) is 25.6. The molecule has 1 aliphatic rings. The molecule has 0 N–H and O–H groups in total. The van der Waals surface area contributed by atoms with Crippen molar-refractivity contribution in [1.82, 2.24) is 24.9 Å². The quantitative estimate of drug-likeness (QED) is 0.169. The van der Waals surface area contributed by atoms with Crippen LogP contribution in [0.1, 0.15) is 18.0 Å². The fourth-order valence-electron chi connectivity index (χ4n) is 7.71. The van der Waals surface area contributed by atoms with Crippen molar-refractivity contribution in [1.29, 1.82) is 0 Å². The van der Waals surface area contributed by atoms with Gasteiger partial charge in [-0.1, -0.05) is 146 Å². The Morgan fingerprint density at radius 1 is 0.500 bits per heavy atom. The Bertz CT molecular complexity index is 3170. The number of para-hydroxylation sites is 1. The van der Waals surface area contributed by atoms with Gasteiger partial charge in [0, 0.05) is 53.7 Å². The summed E-state index contributed by atoms with van der Waals surface area (Å²) in [6, 6.07) is 50.0. The molecule has 6 nitrogen and oxygen atoms in total. The molecule has 1 atom stereocenters. The molecule has 0 radical (unpaired) electrons. The van der Waals surface area contributed by atoms with Crippen LogP contribution in [0, 0.1) is 0 Å². The normalized spacial score (nSPS) is 14.0. The lowest BCUT2D eigenvalue weighted by atomic mass is 9.96. The number of nitrogens with zero attached hydrogens (tertiary/aromatic N) is 5. The molecule has 1 aliphatic carbocycles. The maximum Gasteiger partial charge on any atom is 0.176 e. The van der Waals surface area contributed by atoms with Gasteiger partial charge in [0.25, 0.3) is 0 Å². The van der Waals surface area contributed by atoms with Crippen LogP contribution in [0.25, 0.3) is 98.9 Å². The van der Waals surface area contributed by atoms with Crippen LogP contribution in [-0.4, -0.2) is 24.9 Å². The predicted octanol–water partition coefficient (Wildman–Crippen LogP) is 12.9. The number of thiophene rings is 1. The molecule has 4 aromatic heterocycles. The first-order valence-corrected chi connectivity index (χ1v) is 19.5. The molecular weight excluding hydrogens is 707 g/mol. The van der Waals surface area contributed by atoms with Crippen molar-refractivity contribution in [3.8, 4) is 56.7 Å². The fourth-order valence-corrected chi connectivity index (χ4v) is 8.88. The molecule has 0 saturated carbocycles. The minimum absolute atomic E-state index is 0.105. The highest BCUT2D eigenvalue weighted by Crippen LogP contribution is 2.42. The van der Waals surface area contributed by atoms with Gasteiger partial charge in [-0.05, 0) is 41.8 Å². The summed E-state index contributed by atoms with van der Waals surface area (Å²) >= 11 is 1.75. The Kier molecular flexibility index (Phi) is 7.70. The van der Waals surface area contributed by atoms with E-state index >= 15 is 0 Å². The summed E-state index contributed by atoms with van der Waals surface area (Å²) < 4.78 is 8.69. The van der Waals surface area contributed by atoms with Gasteiger partial charge in [-0.25, -0.2) is 24.9 Å². The number of aromatic nitrogens is 5. The molecule has 11 rings (SSSR count). The molecule has 0 saturated heterocycles. The van der Waals surface area contributed by atoms with Crippen molar-refractivity contribution in [3.63, 3.8) is 0 Å². The van der Waals surface area contributed by atoms with Crippen molar-refractivity contribution in [3.05, 3.63) is 176 Å². The summed E-state index contributed by atoms with van der Waals surface area (Å²) in [6.07, 6.45) is 9.42. The Labute approximate surface area is 326 Å². The summed E-state index contributed by atoms with van der Waals surface area (Å²) in [5.74, 6) is 2.69. The molecule has 1 unspecified atom stereocenters. The highest BCUT2D eigenvalue weighted by molar-refractivity contribution is 7.26. The smallest absolute Gasteiger partial charge is 0.176 e. The van der Waals surface area contributed by atoms with E-state index in [9.17, 15) is 0 Å². The van der Waals surface area contributed by atoms with E-state index in [0.29, 0.717) is 23.3 Å². The Hall–Kier alpha value is -7.09. The molecule has 0 bridgehead atoms. The van der Waals surface area contributed by atoms with Gasteiger partial charge in [0.15, 0.2) is 28.9 Å². The number of furan rings is 1. The molecular formula is C49H31N5OS. The largest absolute Gasteiger partial charge is 0.452 e. The van der Waals surface area contributed by atoms with Gasteiger partial charge in [-0.3, -0.25) is 0 Å². The number of hydrogen-bond acceptors (Lipinski definition) is 7. The topological polar surface area (TPSA) is 77.6 Å². The molecule has 4 heterocycles. The van der Waals surface area contributed by atoms with Crippen LogP contribution in [0.15, 0.2) is 174 Å². The third-order valence-corrected chi connectivity index (χ3v) is 11.6. The van der Waals surface area contributed by atoms with Gasteiger partial charge >= 0.3 is 0 Å². The lowest BCUT2D eigenvalue weighted by Crippen LogP contribution is -2.03. The summed E-state index contributed by atoms with van der Waals surface area (Å²) in [5.41, 5.74) is 9.43. The van der Waals surface area contributed by atoms with Crippen LogP contribution < -0.4 is 0 Å². The second-order valence-corrected chi connectivity index (χ2v) is 15.1. The van der Waals surface area contributed by atoms with Crippen molar-refractivity contribution in [2.24, 2.45) is 0 Å². The lowest BCUT2D eigenvalue weighted by molar-refractivity contribution is 0.649. The minimum atomic E-state index is 0.105. The molecule has 10 aromatic rings. The van der Waals surface area contributed by atoms with E-state index in [-0.39, 0.29) is 5.92 Å².